The van der Waals surface area contributed by atoms with E-state index in [0.717, 1.165) is 0 Å². The summed E-state index contributed by atoms with van der Waals surface area (Å²) < 4.78 is 15.6. The van der Waals surface area contributed by atoms with Gasteiger partial charge in [-0.3, -0.25) is 14.6 Å². The van der Waals surface area contributed by atoms with E-state index in [0.29, 0.717) is 29.2 Å². The molecule has 0 aliphatic heterocycles. The van der Waals surface area contributed by atoms with Crippen LogP contribution in [-0.2, 0) is 17.8 Å². The van der Waals surface area contributed by atoms with Gasteiger partial charge in [-0.1, -0.05) is 11.6 Å². The number of carbonyl (C=O) groups is 1. The highest BCUT2D eigenvalue weighted by molar-refractivity contribution is 6.32. The van der Waals surface area contributed by atoms with E-state index in [1.807, 2.05) is 6.92 Å². The number of carbonyl (C=O) groups excluding carboxylic acids is 1. The number of aromatic amines is 1. The topological polar surface area (TPSA) is 120 Å². The zero-order valence-electron chi connectivity index (χ0n) is 16.4. The van der Waals surface area contributed by atoms with Crippen LogP contribution in [-0.4, -0.2) is 37.0 Å². The summed E-state index contributed by atoms with van der Waals surface area (Å²) in [5.74, 6) is -0.899. The van der Waals surface area contributed by atoms with Crippen molar-refractivity contribution >= 4 is 17.5 Å². The number of H-pyrrole nitrogens is 1. The molecule has 1 amide bonds. The van der Waals surface area contributed by atoms with Gasteiger partial charge in [0.15, 0.2) is 0 Å². The number of rotatable bonds is 7. The standard InChI is InChI=1S/C20H20ClFN6O2/c1-11(24-20(30)8-14-7-19(12(2)29)26-25-14)10-28-4-3-18(27-28)13-5-16(21)15(9-23)17(22)6-13/h3-7,11-12,29H,8,10H2,1-2H3,(H,24,30)(H,25,26)/t11-,12?/m0/s1. The number of amides is 1. The molecule has 3 aromatic rings. The Morgan fingerprint density at radius 1 is 1.43 bits per heavy atom. The lowest BCUT2D eigenvalue weighted by Crippen LogP contribution is -2.36. The second-order valence-corrected chi connectivity index (χ2v) is 7.40. The van der Waals surface area contributed by atoms with Gasteiger partial charge < -0.3 is 10.4 Å². The summed E-state index contributed by atoms with van der Waals surface area (Å²) >= 11 is 5.95. The van der Waals surface area contributed by atoms with Crippen LogP contribution in [0.3, 0.4) is 0 Å². The number of nitriles is 1. The highest BCUT2D eigenvalue weighted by Gasteiger charge is 2.15. The van der Waals surface area contributed by atoms with E-state index >= 15 is 0 Å². The van der Waals surface area contributed by atoms with Crippen molar-refractivity contribution in [1.82, 2.24) is 25.3 Å². The van der Waals surface area contributed by atoms with Crippen molar-refractivity contribution in [1.29, 1.82) is 5.26 Å². The van der Waals surface area contributed by atoms with Gasteiger partial charge in [-0.25, -0.2) is 4.39 Å². The molecular weight excluding hydrogens is 411 g/mol. The maximum atomic E-state index is 14.0. The predicted molar refractivity (Wildman–Crippen MR) is 108 cm³/mol. The average molecular weight is 431 g/mol. The Bertz CT molecular complexity index is 1080. The fourth-order valence-corrected chi connectivity index (χ4v) is 3.20. The van der Waals surface area contributed by atoms with Gasteiger partial charge in [-0.05, 0) is 38.1 Å². The smallest absolute Gasteiger partial charge is 0.226 e. The van der Waals surface area contributed by atoms with Crippen molar-refractivity contribution in [3.63, 3.8) is 0 Å². The molecule has 0 radical (unpaired) electrons. The van der Waals surface area contributed by atoms with Crippen LogP contribution >= 0.6 is 11.6 Å². The Morgan fingerprint density at radius 2 is 2.20 bits per heavy atom. The van der Waals surface area contributed by atoms with Crippen LogP contribution in [0.5, 0.6) is 0 Å². The third-order valence-electron chi connectivity index (χ3n) is 4.39. The average Bonchev–Trinajstić information content (AvgIpc) is 3.31. The largest absolute Gasteiger partial charge is 0.387 e. The summed E-state index contributed by atoms with van der Waals surface area (Å²) in [4.78, 5) is 12.2. The zero-order valence-corrected chi connectivity index (χ0v) is 17.1. The Hall–Kier alpha value is -3.22. The van der Waals surface area contributed by atoms with Crippen molar-refractivity contribution in [3.8, 4) is 17.3 Å². The minimum atomic E-state index is -0.703. The van der Waals surface area contributed by atoms with Gasteiger partial charge in [0.1, 0.15) is 17.4 Å². The fraction of sp³-hybridized carbons (Fsp3) is 0.300. The molecule has 0 fully saturated rings. The summed E-state index contributed by atoms with van der Waals surface area (Å²) in [7, 11) is 0. The molecule has 8 nitrogen and oxygen atoms in total. The summed E-state index contributed by atoms with van der Waals surface area (Å²) in [6.07, 6.45) is 1.12. The molecule has 0 saturated carbocycles. The monoisotopic (exact) mass is 430 g/mol. The normalized spacial score (nSPS) is 12.9. The van der Waals surface area contributed by atoms with Gasteiger partial charge in [0.25, 0.3) is 0 Å². The molecular formula is C20H20ClFN6O2. The first kappa shape index (κ1) is 21.5. The van der Waals surface area contributed by atoms with Crippen molar-refractivity contribution in [2.24, 2.45) is 0 Å². The summed E-state index contributed by atoms with van der Waals surface area (Å²) in [5, 5.41) is 32.4. The molecule has 0 spiro atoms. The number of nitrogens with one attached hydrogen (secondary N) is 2. The maximum absolute atomic E-state index is 14.0. The number of hydrogen-bond donors (Lipinski definition) is 3. The number of aliphatic hydroxyl groups is 1. The Balaban J connectivity index is 1.60. The first-order valence-corrected chi connectivity index (χ1v) is 9.59. The van der Waals surface area contributed by atoms with Crippen molar-refractivity contribution in [2.45, 2.75) is 39.0 Å². The van der Waals surface area contributed by atoms with Crippen LogP contribution in [0.1, 0.15) is 36.9 Å². The number of halogens is 2. The van der Waals surface area contributed by atoms with Crippen LogP contribution in [0.15, 0.2) is 30.5 Å². The number of aliphatic hydroxyl groups excluding tert-OH is 1. The molecule has 2 atom stereocenters. The SMILES string of the molecule is CC(O)c1cc(CC(=O)N[C@@H](C)Cn2ccc(-c3cc(F)c(C#N)c(Cl)c3)n2)[nH]n1. The van der Waals surface area contributed by atoms with Crippen LogP contribution < -0.4 is 5.32 Å². The van der Waals surface area contributed by atoms with Gasteiger partial charge in [-0.2, -0.15) is 15.5 Å². The molecule has 0 aliphatic rings. The summed E-state index contributed by atoms with van der Waals surface area (Å²) in [5.41, 5.74) is 1.85. The van der Waals surface area contributed by atoms with Crippen molar-refractivity contribution < 1.29 is 14.3 Å². The highest BCUT2D eigenvalue weighted by Crippen LogP contribution is 2.26. The van der Waals surface area contributed by atoms with E-state index in [9.17, 15) is 14.3 Å². The van der Waals surface area contributed by atoms with Crippen LogP contribution in [0.25, 0.3) is 11.3 Å². The fourth-order valence-electron chi connectivity index (χ4n) is 2.95. The Morgan fingerprint density at radius 3 is 2.83 bits per heavy atom. The van der Waals surface area contributed by atoms with E-state index in [1.165, 1.54) is 12.1 Å². The molecule has 2 aromatic heterocycles. The highest BCUT2D eigenvalue weighted by atomic mass is 35.5. The second-order valence-electron chi connectivity index (χ2n) is 6.99. The minimum Gasteiger partial charge on any atom is -0.387 e. The Labute approximate surface area is 177 Å². The van der Waals surface area contributed by atoms with Gasteiger partial charge in [0, 0.05) is 23.5 Å². The summed E-state index contributed by atoms with van der Waals surface area (Å²) in [6, 6.07) is 7.57. The summed E-state index contributed by atoms with van der Waals surface area (Å²) in [6.45, 7) is 3.84. The Kier molecular flexibility index (Phi) is 6.50. The first-order chi connectivity index (χ1) is 14.3. The lowest BCUT2D eigenvalue weighted by atomic mass is 10.1. The molecule has 1 aromatic carbocycles. The van der Waals surface area contributed by atoms with Gasteiger partial charge in [-0.15, -0.1) is 0 Å². The molecule has 3 rings (SSSR count). The van der Waals surface area contributed by atoms with E-state index in [4.69, 9.17) is 16.9 Å². The van der Waals surface area contributed by atoms with Crippen molar-refractivity contribution in [2.75, 3.05) is 0 Å². The first-order valence-electron chi connectivity index (χ1n) is 9.21. The third kappa shape index (κ3) is 5.03. The maximum Gasteiger partial charge on any atom is 0.226 e. The molecule has 0 saturated heterocycles. The van der Waals surface area contributed by atoms with E-state index in [1.54, 1.807) is 36.0 Å². The molecule has 0 aliphatic carbocycles. The molecule has 1 unspecified atom stereocenters. The second kappa shape index (κ2) is 9.07. The van der Waals surface area contributed by atoms with E-state index in [-0.39, 0.29) is 29.0 Å². The van der Waals surface area contributed by atoms with Gasteiger partial charge in [0.2, 0.25) is 5.91 Å². The molecule has 3 N–H and O–H groups in total. The number of aromatic nitrogens is 4. The van der Waals surface area contributed by atoms with Gasteiger partial charge >= 0.3 is 0 Å². The molecule has 30 heavy (non-hydrogen) atoms. The predicted octanol–water partition coefficient (Wildman–Crippen LogP) is 2.74. The molecule has 10 heteroatoms. The zero-order chi connectivity index (χ0) is 21.8. The minimum absolute atomic E-state index is 0.0280. The van der Waals surface area contributed by atoms with E-state index in [2.05, 4.69) is 20.6 Å². The third-order valence-corrected chi connectivity index (χ3v) is 4.69. The number of benzene rings is 1. The van der Waals surface area contributed by atoms with Gasteiger partial charge in [0.05, 0.1) is 35.5 Å². The molecule has 0 bridgehead atoms. The van der Waals surface area contributed by atoms with Crippen LogP contribution in [0, 0.1) is 17.1 Å². The number of nitrogens with zero attached hydrogens (tertiary/aromatic N) is 4. The molecule has 2 heterocycles. The number of hydrogen-bond acceptors (Lipinski definition) is 5. The van der Waals surface area contributed by atoms with Crippen molar-refractivity contribution in [3.05, 3.63) is 58.3 Å². The van der Waals surface area contributed by atoms with Crippen LogP contribution in [0.4, 0.5) is 4.39 Å². The quantitative estimate of drug-likeness (QED) is 0.532. The lowest BCUT2D eigenvalue weighted by molar-refractivity contribution is -0.121. The lowest BCUT2D eigenvalue weighted by Gasteiger charge is -2.13. The molecule has 156 valence electrons. The van der Waals surface area contributed by atoms with E-state index < -0.39 is 11.9 Å². The van der Waals surface area contributed by atoms with Crippen LogP contribution in [0.2, 0.25) is 5.02 Å².